The third-order valence-corrected chi connectivity index (χ3v) is 4.71. The molecule has 0 heterocycles. The zero-order chi connectivity index (χ0) is 19.3. The van der Waals surface area contributed by atoms with Gasteiger partial charge in [0.2, 0.25) is 0 Å². The zero-order valence-corrected chi connectivity index (χ0v) is 15.6. The number of carbonyl (C=O) groups excluding carboxylic acids is 1. The number of esters is 1. The lowest BCUT2D eigenvalue weighted by Gasteiger charge is -2.08. The van der Waals surface area contributed by atoms with E-state index in [4.69, 9.17) is 9.47 Å². The SMILES string of the molecule is COc1ccc(-c2ccc3cc(C(=O)OCc4ccccc4)ccc3c2)cc1. The van der Waals surface area contributed by atoms with Gasteiger partial charge in [-0.3, -0.25) is 0 Å². The molecule has 28 heavy (non-hydrogen) atoms. The Hall–Kier alpha value is -3.59. The highest BCUT2D eigenvalue weighted by atomic mass is 16.5. The fourth-order valence-corrected chi connectivity index (χ4v) is 3.14. The van der Waals surface area contributed by atoms with Gasteiger partial charge in [-0.15, -0.1) is 0 Å². The standard InChI is InChI=1S/C25H20O3/c1-27-24-13-11-19(12-14-24)20-7-8-22-16-23(10-9-21(22)15-20)25(26)28-17-18-5-3-2-4-6-18/h2-16H,17H2,1H3. The molecule has 0 fully saturated rings. The third-order valence-electron chi connectivity index (χ3n) is 4.71. The van der Waals surface area contributed by atoms with E-state index in [-0.39, 0.29) is 12.6 Å². The van der Waals surface area contributed by atoms with Crippen LogP contribution in [0.1, 0.15) is 15.9 Å². The maximum Gasteiger partial charge on any atom is 0.338 e. The first-order chi connectivity index (χ1) is 13.7. The van der Waals surface area contributed by atoms with Crippen LogP contribution in [0.15, 0.2) is 91.0 Å². The Morgan fingerprint density at radius 3 is 2.18 bits per heavy atom. The predicted octanol–water partition coefficient (Wildman–Crippen LogP) is 5.87. The van der Waals surface area contributed by atoms with Crippen molar-refractivity contribution in [1.29, 1.82) is 0 Å². The summed E-state index contributed by atoms with van der Waals surface area (Å²) in [5.74, 6) is 0.521. The van der Waals surface area contributed by atoms with Gasteiger partial charge in [-0.05, 0) is 57.8 Å². The van der Waals surface area contributed by atoms with E-state index in [1.165, 1.54) is 0 Å². The second-order valence-corrected chi connectivity index (χ2v) is 6.57. The molecule has 4 aromatic rings. The molecule has 0 saturated heterocycles. The Morgan fingerprint density at radius 2 is 1.43 bits per heavy atom. The number of benzene rings is 4. The molecule has 0 aliphatic heterocycles. The molecule has 0 aliphatic rings. The number of hydrogen-bond acceptors (Lipinski definition) is 3. The maximum absolute atomic E-state index is 12.4. The highest BCUT2D eigenvalue weighted by Crippen LogP contribution is 2.27. The fraction of sp³-hybridized carbons (Fsp3) is 0.0800. The van der Waals surface area contributed by atoms with Crippen LogP contribution >= 0.6 is 0 Å². The zero-order valence-electron chi connectivity index (χ0n) is 15.6. The van der Waals surface area contributed by atoms with Gasteiger partial charge < -0.3 is 9.47 Å². The molecule has 0 N–H and O–H groups in total. The highest BCUT2D eigenvalue weighted by Gasteiger charge is 2.09. The average molecular weight is 368 g/mol. The van der Waals surface area contributed by atoms with Crippen LogP contribution < -0.4 is 4.74 Å². The van der Waals surface area contributed by atoms with Gasteiger partial charge in [0.05, 0.1) is 12.7 Å². The van der Waals surface area contributed by atoms with Crippen molar-refractivity contribution >= 4 is 16.7 Å². The van der Waals surface area contributed by atoms with Crippen LogP contribution in [0.3, 0.4) is 0 Å². The van der Waals surface area contributed by atoms with Gasteiger partial charge in [-0.2, -0.15) is 0 Å². The lowest BCUT2D eigenvalue weighted by Crippen LogP contribution is -2.05. The molecule has 138 valence electrons. The fourth-order valence-electron chi connectivity index (χ4n) is 3.14. The molecule has 0 unspecified atom stereocenters. The summed E-state index contributed by atoms with van der Waals surface area (Å²) in [5.41, 5.74) is 3.77. The summed E-state index contributed by atoms with van der Waals surface area (Å²) in [6.07, 6.45) is 0. The number of ether oxygens (including phenoxy) is 2. The first kappa shape index (κ1) is 17.8. The first-order valence-corrected chi connectivity index (χ1v) is 9.12. The van der Waals surface area contributed by atoms with Crippen LogP contribution in [0.2, 0.25) is 0 Å². The minimum Gasteiger partial charge on any atom is -0.497 e. The number of carbonyl (C=O) groups is 1. The van der Waals surface area contributed by atoms with Gasteiger partial charge in [0.25, 0.3) is 0 Å². The van der Waals surface area contributed by atoms with E-state index in [9.17, 15) is 4.79 Å². The number of methoxy groups -OCH3 is 1. The molecule has 0 bridgehead atoms. The van der Waals surface area contributed by atoms with Crippen molar-refractivity contribution in [3.8, 4) is 16.9 Å². The lowest BCUT2D eigenvalue weighted by atomic mass is 10.00. The van der Waals surface area contributed by atoms with E-state index in [2.05, 4.69) is 12.1 Å². The molecular formula is C25H20O3. The number of fused-ring (bicyclic) bond motifs is 1. The third kappa shape index (κ3) is 3.89. The van der Waals surface area contributed by atoms with Crippen molar-refractivity contribution in [3.63, 3.8) is 0 Å². The smallest absolute Gasteiger partial charge is 0.338 e. The number of hydrogen-bond donors (Lipinski definition) is 0. The van der Waals surface area contributed by atoms with Crippen molar-refractivity contribution in [1.82, 2.24) is 0 Å². The molecule has 0 radical (unpaired) electrons. The summed E-state index contributed by atoms with van der Waals surface area (Å²) in [7, 11) is 1.66. The quantitative estimate of drug-likeness (QED) is 0.413. The van der Waals surface area contributed by atoms with Gasteiger partial charge in [-0.25, -0.2) is 4.79 Å². The molecule has 0 atom stereocenters. The maximum atomic E-state index is 12.4. The minimum atomic E-state index is -0.315. The summed E-state index contributed by atoms with van der Waals surface area (Å²) in [4.78, 5) is 12.4. The molecule has 0 spiro atoms. The summed E-state index contributed by atoms with van der Waals surface area (Å²) in [6, 6.07) is 29.5. The van der Waals surface area contributed by atoms with Crippen molar-refractivity contribution in [2.75, 3.05) is 7.11 Å². The molecule has 4 rings (SSSR count). The summed E-state index contributed by atoms with van der Waals surface area (Å²) >= 11 is 0. The predicted molar refractivity (Wildman–Crippen MR) is 111 cm³/mol. The van der Waals surface area contributed by atoms with Gasteiger partial charge >= 0.3 is 5.97 Å². The molecular weight excluding hydrogens is 348 g/mol. The Bertz CT molecular complexity index is 1100. The molecule has 0 saturated carbocycles. The van der Waals surface area contributed by atoms with Gasteiger partial charge in [0.1, 0.15) is 12.4 Å². The average Bonchev–Trinajstić information content (AvgIpc) is 2.77. The lowest BCUT2D eigenvalue weighted by molar-refractivity contribution is 0.0473. The van der Waals surface area contributed by atoms with E-state index >= 15 is 0 Å². The highest BCUT2D eigenvalue weighted by molar-refractivity contribution is 5.96. The van der Waals surface area contributed by atoms with Crippen molar-refractivity contribution in [2.45, 2.75) is 6.61 Å². The molecule has 0 aromatic heterocycles. The van der Waals surface area contributed by atoms with Gasteiger partial charge in [0, 0.05) is 0 Å². The van der Waals surface area contributed by atoms with E-state index in [0.29, 0.717) is 5.56 Å². The van der Waals surface area contributed by atoms with Crippen LogP contribution in [0.25, 0.3) is 21.9 Å². The van der Waals surface area contributed by atoms with Crippen molar-refractivity contribution in [3.05, 3.63) is 102 Å². The van der Waals surface area contributed by atoms with Crippen LogP contribution in [-0.2, 0) is 11.3 Å². The summed E-state index contributed by atoms with van der Waals surface area (Å²) < 4.78 is 10.6. The van der Waals surface area contributed by atoms with Crippen LogP contribution in [-0.4, -0.2) is 13.1 Å². The normalized spacial score (nSPS) is 10.6. The van der Waals surface area contributed by atoms with Gasteiger partial charge in [-0.1, -0.05) is 60.7 Å². The molecule has 0 amide bonds. The summed E-state index contributed by atoms with van der Waals surface area (Å²) in [6.45, 7) is 0.272. The first-order valence-electron chi connectivity index (χ1n) is 9.12. The largest absolute Gasteiger partial charge is 0.497 e. The summed E-state index contributed by atoms with van der Waals surface area (Å²) in [5, 5.41) is 2.08. The Balaban J connectivity index is 1.53. The Morgan fingerprint density at radius 1 is 0.750 bits per heavy atom. The van der Waals surface area contributed by atoms with Crippen LogP contribution in [0.4, 0.5) is 0 Å². The van der Waals surface area contributed by atoms with E-state index in [1.54, 1.807) is 7.11 Å². The molecule has 3 heteroatoms. The van der Waals surface area contributed by atoms with Gasteiger partial charge in [0.15, 0.2) is 0 Å². The van der Waals surface area contributed by atoms with Crippen LogP contribution in [0.5, 0.6) is 5.75 Å². The monoisotopic (exact) mass is 368 g/mol. The minimum absolute atomic E-state index is 0.272. The van der Waals surface area contributed by atoms with E-state index in [1.807, 2.05) is 78.9 Å². The van der Waals surface area contributed by atoms with E-state index < -0.39 is 0 Å². The molecule has 4 aromatic carbocycles. The Labute approximate surface area is 164 Å². The van der Waals surface area contributed by atoms with E-state index in [0.717, 1.165) is 33.2 Å². The van der Waals surface area contributed by atoms with Crippen molar-refractivity contribution in [2.24, 2.45) is 0 Å². The van der Waals surface area contributed by atoms with Crippen LogP contribution in [0, 0.1) is 0 Å². The topological polar surface area (TPSA) is 35.5 Å². The Kier molecular flexibility index (Phi) is 5.07. The van der Waals surface area contributed by atoms with Crippen molar-refractivity contribution < 1.29 is 14.3 Å². The molecule has 3 nitrogen and oxygen atoms in total. The molecule has 0 aliphatic carbocycles. The number of rotatable bonds is 5. The second kappa shape index (κ2) is 7.97. The second-order valence-electron chi connectivity index (χ2n) is 6.57.